The molecule has 4 fully saturated rings. The molecule has 6 heteroatoms. The lowest BCUT2D eigenvalue weighted by Crippen LogP contribution is -2.68. The van der Waals surface area contributed by atoms with E-state index in [1.54, 1.807) is 0 Å². The van der Waals surface area contributed by atoms with E-state index in [0.29, 0.717) is 18.8 Å². The van der Waals surface area contributed by atoms with Crippen molar-refractivity contribution in [1.82, 2.24) is 4.90 Å². The first kappa shape index (κ1) is 12.7. The predicted octanol–water partition coefficient (Wildman–Crippen LogP) is 0.989. The topological polar surface area (TPSA) is 98.1 Å². The average molecular weight is 269 g/mol. The minimum absolute atomic E-state index is 0.0852. The molecule has 106 valence electrons. The Kier molecular flexibility index (Phi) is 2.92. The third kappa shape index (κ3) is 1.98. The van der Waals surface area contributed by atoms with Gasteiger partial charge in [-0.25, -0.2) is 9.59 Å². The number of carboxylic acids is 1. The lowest BCUT2D eigenvalue weighted by atomic mass is 9.65. The van der Waals surface area contributed by atoms with Gasteiger partial charge in [0, 0.05) is 17.9 Å². The number of hydrogen-bond donors (Lipinski definition) is 3. The number of amides is 1. The smallest absolute Gasteiger partial charge is 0.408 e. The number of aliphatic hydroxyl groups is 1. The van der Waals surface area contributed by atoms with Crippen molar-refractivity contribution in [3.63, 3.8) is 0 Å². The van der Waals surface area contributed by atoms with Gasteiger partial charge in [0.1, 0.15) is 6.04 Å². The fraction of sp³-hybridized carbons (Fsp3) is 0.846. The van der Waals surface area contributed by atoms with Crippen LogP contribution in [-0.2, 0) is 4.79 Å². The van der Waals surface area contributed by atoms with Gasteiger partial charge in [0.25, 0.3) is 0 Å². The van der Waals surface area contributed by atoms with E-state index in [1.165, 1.54) is 0 Å². The summed E-state index contributed by atoms with van der Waals surface area (Å²) in [6.45, 7) is 0. The number of nitrogens with zero attached hydrogens (tertiary/aromatic N) is 1. The average Bonchev–Trinajstić information content (AvgIpc) is 3.16. The molecule has 0 spiro atoms. The van der Waals surface area contributed by atoms with E-state index in [0.717, 1.165) is 24.2 Å². The van der Waals surface area contributed by atoms with Gasteiger partial charge in [0.15, 0.2) is 0 Å². The minimum Gasteiger partial charge on any atom is -0.480 e. The zero-order chi connectivity index (χ0) is 13.7. The Morgan fingerprint density at radius 1 is 1.11 bits per heavy atom. The van der Waals surface area contributed by atoms with Crippen molar-refractivity contribution in [3.05, 3.63) is 0 Å². The van der Waals surface area contributed by atoms with Crippen LogP contribution in [0.15, 0.2) is 0 Å². The van der Waals surface area contributed by atoms with Crippen molar-refractivity contribution < 1.29 is 24.9 Å². The monoisotopic (exact) mass is 269 g/mol. The quantitative estimate of drug-likeness (QED) is 0.709. The highest BCUT2D eigenvalue weighted by Gasteiger charge is 2.57. The second-order valence-electron chi connectivity index (χ2n) is 6.11. The van der Waals surface area contributed by atoms with Crippen LogP contribution in [0, 0.1) is 17.8 Å². The summed E-state index contributed by atoms with van der Waals surface area (Å²) < 4.78 is 0. The van der Waals surface area contributed by atoms with Crippen LogP contribution in [0.4, 0.5) is 4.79 Å². The van der Waals surface area contributed by atoms with Crippen LogP contribution in [0.25, 0.3) is 0 Å². The zero-order valence-electron chi connectivity index (χ0n) is 10.6. The molecule has 5 atom stereocenters. The van der Waals surface area contributed by atoms with Crippen molar-refractivity contribution in [3.8, 4) is 0 Å². The highest BCUT2D eigenvalue weighted by molar-refractivity contribution is 5.80. The number of fused-ring (bicyclic) bond motifs is 3. The van der Waals surface area contributed by atoms with E-state index in [4.69, 9.17) is 0 Å². The van der Waals surface area contributed by atoms with Crippen LogP contribution in [0.5, 0.6) is 0 Å². The van der Waals surface area contributed by atoms with Gasteiger partial charge in [0.05, 0.1) is 6.10 Å². The summed E-state index contributed by atoms with van der Waals surface area (Å²) in [5.74, 6) is -1.08. The molecular weight excluding hydrogens is 250 g/mol. The Morgan fingerprint density at radius 3 is 2.32 bits per heavy atom. The summed E-state index contributed by atoms with van der Waals surface area (Å²) in [4.78, 5) is 23.8. The van der Waals surface area contributed by atoms with Crippen LogP contribution < -0.4 is 0 Å². The molecule has 6 nitrogen and oxygen atoms in total. The molecule has 2 heterocycles. The number of carbonyl (C=O) groups is 2. The number of aliphatic carboxylic acids is 1. The van der Waals surface area contributed by atoms with Crippen LogP contribution in [-0.4, -0.2) is 50.5 Å². The van der Waals surface area contributed by atoms with E-state index in [2.05, 4.69) is 0 Å². The number of rotatable bonds is 3. The SMILES string of the molecule is O=C(O)[C@@H]1[C@@H]2CC[C@@H](C(CC3CC3)[C@H]2O)N1C(=O)O. The molecule has 4 aliphatic rings. The third-order valence-electron chi connectivity index (χ3n) is 5.01. The predicted molar refractivity (Wildman–Crippen MR) is 64.6 cm³/mol. The molecule has 2 saturated heterocycles. The molecule has 0 aromatic heterocycles. The molecule has 3 N–H and O–H groups in total. The maximum absolute atomic E-state index is 11.4. The maximum atomic E-state index is 11.4. The van der Waals surface area contributed by atoms with Crippen molar-refractivity contribution in [2.24, 2.45) is 17.8 Å². The van der Waals surface area contributed by atoms with Gasteiger partial charge < -0.3 is 15.3 Å². The summed E-state index contributed by atoms with van der Waals surface area (Å²) in [5.41, 5.74) is 0. The van der Waals surface area contributed by atoms with Crippen molar-refractivity contribution >= 4 is 12.1 Å². The fourth-order valence-corrected chi connectivity index (χ4v) is 3.99. The van der Waals surface area contributed by atoms with E-state index >= 15 is 0 Å². The van der Waals surface area contributed by atoms with E-state index < -0.39 is 30.1 Å². The largest absolute Gasteiger partial charge is 0.480 e. The zero-order valence-corrected chi connectivity index (χ0v) is 10.6. The highest BCUT2D eigenvalue weighted by Crippen LogP contribution is 2.48. The Labute approximate surface area is 111 Å². The molecule has 1 amide bonds. The van der Waals surface area contributed by atoms with Crippen LogP contribution in [0.3, 0.4) is 0 Å². The number of carboxylic acid groups (broad SMARTS) is 2. The first-order chi connectivity index (χ1) is 9.00. The van der Waals surface area contributed by atoms with Gasteiger partial charge in [-0.2, -0.15) is 0 Å². The normalized spacial score (nSPS) is 41.3. The number of piperidine rings is 2. The summed E-state index contributed by atoms with van der Waals surface area (Å²) >= 11 is 0. The molecule has 0 aromatic carbocycles. The third-order valence-corrected chi connectivity index (χ3v) is 5.01. The summed E-state index contributed by atoms with van der Waals surface area (Å²) in [6.07, 6.45) is 2.57. The maximum Gasteiger partial charge on any atom is 0.408 e. The van der Waals surface area contributed by atoms with Crippen molar-refractivity contribution in [1.29, 1.82) is 0 Å². The molecule has 2 aliphatic heterocycles. The highest BCUT2D eigenvalue weighted by atomic mass is 16.4. The van der Waals surface area contributed by atoms with Gasteiger partial charge in [-0.3, -0.25) is 4.90 Å². The van der Waals surface area contributed by atoms with E-state index in [-0.39, 0.29) is 12.0 Å². The lowest BCUT2D eigenvalue weighted by molar-refractivity contribution is -0.167. The Hall–Kier alpha value is -1.30. The number of hydrogen-bond acceptors (Lipinski definition) is 3. The summed E-state index contributed by atoms with van der Waals surface area (Å²) in [5, 5.41) is 28.9. The van der Waals surface area contributed by atoms with Gasteiger partial charge in [-0.05, 0) is 25.2 Å². The standard InChI is InChI=1S/C13H19NO5/c15-11-7-3-4-9(8(11)5-6-1-2-6)14(13(18)19)10(7)12(16)17/h6-11,15H,1-5H2,(H,16,17)(H,18,19)/t7-,8?,9-,10-,11-/m0/s1. The second-order valence-corrected chi connectivity index (χ2v) is 6.11. The molecule has 2 saturated carbocycles. The molecular formula is C13H19NO5. The molecule has 2 bridgehead atoms. The van der Waals surface area contributed by atoms with Crippen LogP contribution in [0.1, 0.15) is 32.1 Å². The molecule has 0 aromatic rings. The Morgan fingerprint density at radius 2 is 1.79 bits per heavy atom. The first-order valence-corrected chi connectivity index (χ1v) is 6.93. The van der Waals surface area contributed by atoms with Gasteiger partial charge >= 0.3 is 12.1 Å². The first-order valence-electron chi connectivity index (χ1n) is 6.93. The summed E-state index contributed by atoms with van der Waals surface area (Å²) in [7, 11) is 0. The van der Waals surface area contributed by atoms with E-state index in [1.807, 2.05) is 0 Å². The molecule has 2 aliphatic carbocycles. The van der Waals surface area contributed by atoms with Crippen molar-refractivity contribution in [2.45, 2.75) is 50.3 Å². The molecule has 0 radical (unpaired) electrons. The lowest BCUT2D eigenvalue weighted by Gasteiger charge is -2.54. The van der Waals surface area contributed by atoms with Gasteiger partial charge in [-0.15, -0.1) is 0 Å². The minimum atomic E-state index is -1.17. The fourth-order valence-electron chi connectivity index (χ4n) is 3.99. The Balaban J connectivity index is 1.89. The Bertz CT molecular complexity index is 408. The van der Waals surface area contributed by atoms with Crippen molar-refractivity contribution in [2.75, 3.05) is 0 Å². The second kappa shape index (κ2) is 4.37. The van der Waals surface area contributed by atoms with Gasteiger partial charge in [0.2, 0.25) is 0 Å². The number of aliphatic hydroxyl groups excluding tert-OH is 1. The molecule has 1 unspecified atom stereocenters. The molecule has 19 heavy (non-hydrogen) atoms. The summed E-state index contributed by atoms with van der Waals surface area (Å²) in [6, 6.07) is -1.42. The molecule has 4 rings (SSSR count). The van der Waals surface area contributed by atoms with Crippen LogP contribution in [0.2, 0.25) is 0 Å². The van der Waals surface area contributed by atoms with Crippen LogP contribution >= 0.6 is 0 Å². The van der Waals surface area contributed by atoms with Gasteiger partial charge in [-0.1, -0.05) is 12.8 Å². The van der Waals surface area contributed by atoms with E-state index in [9.17, 15) is 24.9 Å².